The van der Waals surface area contributed by atoms with Gasteiger partial charge in [0.2, 0.25) is 5.91 Å². The molecule has 0 bridgehead atoms. The zero-order valence-corrected chi connectivity index (χ0v) is 13.3. The highest BCUT2D eigenvalue weighted by atomic mass is 32.2. The van der Waals surface area contributed by atoms with Crippen molar-refractivity contribution < 1.29 is 14.3 Å². The summed E-state index contributed by atoms with van der Waals surface area (Å²) in [5.41, 5.74) is 1.86. The molecule has 22 heavy (non-hydrogen) atoms. The number of rotatable bonds is 4. The van der Waals surface area contributed by atoms with Crippen molar-refractivity contribution in [3.05, 3.63) is 48.0 Å². The van der Waals surface area contributed by atoms with E-state index in [-0.39, 0.29) is 11.2 Å². The number of fused-ring (bicyclic) bond motifs is 1. The maximum absolute atomic E-state index is 12.0. The van der Waals surface area contributed by atoms with Crippen LogP contribution in [0.3, 0.4) is 0 Å². The fraction of sp³-hybridized carbons (Fsp3) is 0.235. The van der Waals surface area contributed by atoms with E-state index in [1.807, 2.05) is 30.3 Å². The average Bonchev–Trinajstić information content (AvgIpc) is 2.54. The van der Waals surface area contributed by atoms with Gasteiger partial charge in [0.25, 0.3) is 0 Å². The van der Waals surface area contributed by atoms with Crippen molar-refractivity contribution >= 4 is 23.4 Å². The molecular formula is C17H17NO3S. The van der Waals surface area contributed by atoms with E-state index in [0.29, 0.717) is 17.9 Å². The van der Waals surface area contributed by atoms with E-state index in [9.17, 15) is 4.79 Å². The molecule has 1 N–H and O–H groups in total. The van der Waals surface area contributed by atoms with E-state index in [1.165, 1.54) is 0 Å². The standard InChI is InChI=1S/C17H17NO3S/c1-20-14-8-12-13(9-15(14)21-2)18-17(19)10-16(12)22-11-6-4-3-5-7-11/h3-9,16H,10H2,1-2H3,(H,18,19). The van der Waals surface area contributed by atoms with Crippen LogP contribution in [0.2, 0.25) is 0 Å². The molecule has 4 nitrogen and oxygen atoms in total. The van der Waals surface area contributed by atoms with Crippen molar-refractivity contribution in [2.45, 2.75) is 16.6 Å². The highest BCUT2D eigenvalue weighted by molar-refractivity contribution is 7.99. The third-order valence-corrected chi connectivity index (χ3v) is 4.82. The lowest BCUT2D eigenvalue weighted by Gasteiger charge is -2.26. The monoisotopic (exact) mass is 315 g/mol. The molecule has 0 aliphatic carbocycles. The quantitative estimate of drug-likeness (QED) is 0.930. The van der Waals surface area contributed by atoms with Crippen molar-refractivity contribution in [3.8, 4) is 11.5 Å². The Morgan fingerprint density at radius 2 is 1.77 bits per heavy atom. The fourth-order valence-corrected chi connectivity index (χ4v) is 3.72. The Labute approximate surface area is 133 Å². The number of hydrogen-bond donors (Lipinski definition) is 1. The van der Waals surface area contributed by atoms with Crippen molar-refractivity contribution in [2.24, 2.45) is 0 Å². The van der Waals surface area contributed by atoms with Crippen LogP contribution in [0.1, 0.15) is 17.2 Å². The number of ether oxygens (including phenoxy) is 2. The minimum absolute atomic E-state index is 0.0214. The normalized spacial score (nSPS) is 16.6. The number of anilines is 1. The largest absolute Gasteiger partial charge is 0.493 e. The van der Waals surface area contributed by atoms with E-state index < -0.39 is 0 Å². The summed E-state index contributed by atoms with van der Waals surface area (Å²) in [6.45, 7) is 0. The van der Waals surface area contributed by atoms with Gasteiger partial charge in [-0.15, -0.1) is 11.8 Å². The van der Waals surface area contributed by atoms with Gasteiger partial charge in [0.1, 0.15) is 0 Å². The topological polar surface area (TPSA) is 47.6 Å². The predicted octanol–water partition coefficient (Wildman–Crippen LogP) is 3.88. The Bertz CT molecular complexity index is 688. The van der Waals surface area contributed by atoms with Crippen molar-refractivity contribution in [2.75, 3.05) is 19.5 Å². The van der Waals surface area contributed by atoms with Gasteiger partial charge in [0, 0.05) is 28.3 Å². The van der Waals surface area contributed by atoms with Crippen molar-refractivity contribution in [1.82, 2.24) is 0 Å². The first kappa shape index (κ1) is 14.8. The number of benzene rings is 2. The molecule has 0 saturated heterocycles. The van der Waals surface area contributed by atoms with E-state index >= 15 is 0 Å². The molecule has 1 aliphatic rings. The van der Waals surface area contributed by atoms with Gasteiger partial charge in [-0.3, -0.25) is 4.79 Å². The second-order valence-electron chi connectivity index (χ2n) is 4.97. The van der Waals surface area contributed by atoms with E-state index in [4.69, 9.17) is 9.47 Å². The van der Waals surface area contributed by atoms with E-state index in [2.05, 4.69) is 17.4 Å². The molecule has 0 spiro atoms. The Morgan fingerprint density at radius 3 is 2.45 bits per heavy atom. The summed E-state index contributed by atoms with van der Waals surface area (Å²) >= 11 is 1.69. The maximum Gasteiger partial charge on any atom is 0.225 e. The van der Waals surface area contributed by atoms with Crippen LogP contribution in [-0.2, 0) is 4.79 Å². The zero-order chi connectivity index (χ0) is 15.5. The van der Waals surface area contributed by atoms with Crippen LogP contribution >= 0.6 is 11.8 Å². The third kappa shape index (κ3) is 2.90. The number of hydrogen-bond acceptors (Lipinski definition) is 4. The highest BCUT2D eigenvalue weighted by Gasteiger charge is 2.28. The van der Waals surface area contributed by atoms with Crippen LogP contribution in [0, 0.1) is 0 Å². The number of carbonyl (C=O) groups excluding carboxylic acids is 1. The smallest absolute Gasteiger partial charge is 0.225 e. The molecule has 1 aliphatic heterocycles. The lowest BCUT2D eigenvalue weighted by atomic mass is 10.0. The van der Waals surface area contributed by atoms with E-state index in [0.717, 1.165) is 16.1 Å². The molecule has 1 amide bonds. The molecule has 0 aromatic heterocycles. The Kier molecular flexibility index (Phi) is 4.24. The maximum atomic E-state index is 12.0. The van der Waals surface area contributed by atoms with Crippen LogP contribution in [0.15, 0.2) is 47.4 Å². The summed E-state index contributed by atoms with van der Waals surface area (Å²) in [6.07, 6.45) is 0.446. The predicted molar refractivity (Wildman–Crippen MR) is 87.8 cm³/mol. The van der Waals surface area contributed by atoms with Crippen LogP contribution < -0.4 is 14.8 Å². The first-order valence-corrected chi connectivity index (χ1v) is 7.86. The molecular weight excluding hydrogens is 298 g/mol. The van der Waals surface area contributed by atoms with Crippen LogP contribution in [-0.4, -0.2) is 20.1 Å². The zero-order valence-electron chi connectivity index (χ0n) is 12.5. The fourth-order valence-electron chi connectivity index (χ4n) is 2.52. The Morgan fingerprint density at radius 1 is 1.09 bits per heavy atom. The molecule has 1 atom stereocenters. The molecule has 3 rings (SSSR count). The summed E-state index contributed by atoms with van der Waals surface area (Å²) in [5.74, 6) is 1.32. The van der Waals surface area contributed by atoms with Gasteiger partial charge in [0.15, 0.2) is 11.5 Å². The number of methoxy groups -OCH3 is 2. The molecule has 0 radical (unpaired) electrons. The van der Waals surface area contributed by atoms with Gasteiger partial charge in [-0.1, -0.05) is 18.2 Å². The lowest BCUT2D eigenvalue weighted by molar-refractivity contribution is -0.116. The van der Waals surface area contributed by atoms with Crippen LogP contribution in [0.5, 0.6) is 11.5 Å². The number of amides is 1. The summed E-state index contributed by atoms with van der Waals surface area (Å²) in [5, 5.41) is 2.97. The van der Waals surface area contributed by atoms with Gasteiger partial charge in [-0.2, -0.15) is 0 Å². The molecule has 5 heteroatoms. The van der Waals surface area contributed by atoms with Crippen molar-refractivity contribution in [1.29, 1.82) is 0 Å². The summed E-state index contributed by atoms with van der Waals surface area (Å²) in [4.78, 5) is 13.1. The third-order valence-electron chi connectivity index (χ3n) is 3.57. The Hall–Kier alpha value is -2.14. The highest BCUT2D eigenvalue weighted by Crippen LogP contribution is 2.47. The minimum atomic E-state index is 0.0214. The van der Waals surface area contributed by atoms with Crippen LogP contribution in [0.4, 0.5) is 5.69 Å². The molecule has 1 unspecified atom stereocenters. The number of thioether (sulfide) groups is 1. The number of carbonyl (C=O) groups is 1. The van der Waals surface area contributed by atoms with Gasteiger partial charge in [-0.05, 0) is 23.8 Å². The molecule has 2 aromatic rings. The second kappa shape index (κ2) is 6.32. The first-order chi connectivity index (χ1) is 10.7. The molecule has 114 valence electrons. The first-order valence-electron chi connectivity index (χ1n) is 6.98. The summed E-state index contributed by atoms with van der Waals surface area (Å²) < 4.78 is 10.7. The minimum Gasteiger partial charge on any atom is -0.493 e. The van der Waals surface area contributed by atoms with Gasteiger partial charge < -0.3 is 14.8 Å². The molecule has 0 saturated carbocycles. The molecule has 1 heterocycles. The summed E-state index contributed by atoms with van der Waals surface area (Å²) in [6, 6.07) is 13.9. The lowest BCUT2D eigenvalue weighted by Crippen LogP contribution is -2.21. The number of nitrogens with one attached hydrogen (secondary N) is 1. The van der Waals surface area contributed by atoms with Gasteiger partial charge >= 0.3 is 0 Å². The van der Waals surface area contributed by atoms with Gasteiger partial charge in [0.05, 0.1) is 14.2 Å². The summed E-state index contributed by atoms with van der Waals surface area (Å²) in [7, 11) is 3.20. The van der Waals surface area contributed by atoms with Gasteiger partial charge in [-0.25, -0.2) is 0 Å². The Balaban J connectivity index is 1.99. The molecule has 0 fully saturated rings. The van der Waals surface area contributed by atoms with Crippen molar-refractivity contribution in [3.63, 3.8) is 0 Å². The average molecular weight is 315 g/mol. The van der Waals surface area contributed by atoms with E-state index in [1.54, 1.807) is 26.0 Å². The van der Waals surface area contributed by atoms with Crippen LogP contribution in [0.25, 0.3) is 0 Å². The second-order valence-corrected chi connectivity index (χ2v) is 6.24. The SMILES string of the molecule is COc1cc2c(cc1OC)C(Sc1ccccc1)CC(=O)N2. The molecule has 2 aromatic carbocycles.